The van der Waals surface area contributed by atoms with Gasteiger partial charge in [-0.1, -0.05) is 0 Å². The Labute approximate surface area is 128 Å². The number of hydrogen-bond acceptors (Lipinski definition) is 6. The second kappa shape index (κ2) is 5.95. The second-order valence-electron chi connectivity index (χ2n) is 4.60. The normalized spacial score (nSPS) is 12.7. The minimum absolute atomic E-state index is 0.308. The van der Waals surface area contributed by atoms with Crippen LogP contribution in [0.1, 0.15) is 23.0 Å². The molecule has 5 nitrogen and oxygen atoms in total. The lowest BCUT2D eigenvalue weighted by Gasteiger charge is -1.96. The quantitative estimate of drug-likeness (QED) is 0.719. The standard InChI is InChI=1S/C14H14N2O3S2/c1-9-10(2)19-13(15-9)8-21(17)7-11-6-20-14(16-11)12-4-3-5-18-12/h3-6H,7-8H2,1-2H3. The minimum atomic E-state index is -1.09. The zero-order valence-corrected chi connectivity index (χ0v) is 13.3. The average Bonchev–Trinajstić information content (AvgIpc) is 3.12. The molecule has 3 rings (SSSR count). The molecule has 7 heteroatoms. The number of aromatic nitrogens is 2. The molecule has 3 aromatic rings. The Morgan fingerprint density at radius 2 is 2.14 bits per heavy atom. The maximum atomic E-state index is 12.2. The lowest BCUT2D eigenvalue weighted by Crippen LogP contribution is -2.00. The van der Waals surface area contributed by atoms with Crippen molar-refractivity contribution < 1.29 is 13.0 Å². The van der Waals surface area contributed by atoms with Gasteiger partial charge in [0.2, 0.25) is 5.89 Å². The molecule has 110 valence electrons. The third kappa shape index (κ3) is 3.30. The van der Waals surface area contributed by atoms with Crippen molar-refractivity contribution in [1.29, 1.82) is 0 Å². The van der Waals surface area contributed by atoms with Crippen LogP contribution >= 0.6 is 11.3 Å². The Kier molecular flexibility index (Phi) is 4.03. The highest BCUT2D eigenvalue weighted by atomic mass is 32.2. The largest absolute Gasteiger partial charge is 0.462 e. The topological polar surface area (TPSA) is 69.1 Å². The van der Waals surface area contributed by atoms with Crippen LogP contribution in [0.25, 0.3) is 10.8 Å². The first-order chi connectivity index (χ1) is 10.1. The molecule has 21 heavy (non-hydrogen) atoms. The summed E-state index contributed by atoms with van der Waals surface area (Å²) in [5.41, 5.74) is 1.64. The van der Waals surface area contributed by atoms with Crippen LogP contribution in [0.15, 0.2) is 32.6 Å². The highest BCUT2D eigenvalue weighted by Crippen LogP contribution is 2.24. The lowest BCUT2D eigenvalue weighted by atomic mass is 10.4. The molecule has 0 saturated heterocycles. The van der Waals surface area contributed by atoms with Crippen molar-refractivity contribution >= 4 is 22.1 Å². The first kappa shape index (κ1) is 14.2. The van der Waals surface area contributed by atoms with Crippen molar-refractivity contribution in [3.63, 3.8) is 0 Å². The molecule has 1 unspecified atom stereocenters. The van der Waals surface area contributed by atoms with Crippen molar-refractivity contribution in [2.24, 2.45) is 0 Å². The molecule has 0 bridgehead atoms. The van der Waals surface area contributed by atoms with E-state index in [9.17, 15) is 4.21 Å². The summed E-state index contributed by atoms with van der Waals surface area (Å²) in [6.07, 6.45) is 1.61. The molecule has 0 N–H and O–H groups in total. The van der Waals surface area contributed by atoms with Crippen molar-refractivity contribution in [3.05, 3.63) is 46.8 Å². The lowest BCUT2D eigenvalue weighted by molar-refractivity contribution is 0.487. The molecule has 0 fully saturated rings. The van der Waals surface area contributed by atoms with E-state index in [2.05, 4.69) is 9.97 Å². The monoisotopic (exact) mass is 322 g/mol. The third-order valence-electron chi connectivity index (χ3n) is 2.95. The first-order valence-corrected chi connectivity index (χ1v) is 8.75. The van der Waals surface area contributed by atoms with E-state index in [1.54, 1.807) is 6.26 Å². The summed E-state index contributed by atoms with van der Waals surface area (Å²) in [6, 6.07) is 3.68. The van der Waals surface area contributed by atoms with Crippen LogP contribution in [0.3, 0.4) is 0 Å². The number of thiazole rings is 1. The maximum Gasteiger partial charge on any atom is 0.207 e. The predicted molar refractivity (Wildman–Crippen MR) is 81.3 cm³/mol. The Morgan fingerprint density at radius 1 is 1.29 bits per heavy atom. The van der Waals surface area contributed by atoms with Gasteiger partial charge in [-0.15, -0.1) is 11.3 Å². The van der Waals surface area contributed by atoms with Gasteiger partial charge >= 0.3 is 0 Å². The zero-order chi connectivity index (χ0) is 14.8. The number of hydrogen-bond donors (Lipinski definition) is 0. The number of oxazole rings is 1. The number of nitrogens with zero attached hydrogens (tertiary/aromatic N) is 2. The highest BCUT2D eigenvalue weighted by Gasteiger charge is 2.13. The molecule has 3 aromatic heterocycles. The van der Waals surface area contributed by atoms with Crippen molar-refractivity contribution in [2.45, 2.75) is 25.4 Å². The fraction of sp³-hybridized carbons (Fsp3) is 0.286. The molecule has 0 saturated carbocycles. The van der Waals surface area contributed by atoms with E-state index in [-0.39, 0.29) is 0 Å². The van der Waals surface area contributed by atoms with E-state index in [4.69, 9.17) is 8.83 Å². The molecule has 0 aromatic carbocycles. The predicted octanol–water partition coefficient (Wildman–Crippen LogP) is 3.46. The summed E-state index contributed by atoms with van der Waals surface area (Å²) < 4.78 is 22.9. The van der Waals surface area contributed by atoms with Gasteiger partial charge in [-0.25, -0.2) is 9.97 Å². The SMILES string of the molecule is Cc1nc(CS(=O)Cc2csc(-c3ccco3)n2)oc1C. The van der Waals surface area contributed by atoms with Gasteiger partial charge in [0.1, 0.15) is 11.5 Å². The van der Waals surface area contributed by atoms with Crippen LogP contribution in [-0.2, 0) is 22.3 Å². The summed E-state index contributed by atoms with van der Waals surface area (Å²) in [5, 5.41) is 2.71. The van der Waals surface area contributed by atoms with E-state index >= 15 is 0 Å². The van der Waals surface area contributed by atoms with Gasteiger partial charge in [0.25, 0.3) is 0 Å². The maximum absolute atomic E-state index is 12.2. The molecule has 1 atom stereocenters. The summed E-state index contributed by atoms with van der Waals surface area (Å²) in [6.45, 7) is 3.73. The Hall–Kier alpha value is -1.73. The third-order valence-corrected chi connectivity index (χ3v) is 5.04. The molecular formula is C14H14N2O3S2. The molecule has 0 aliphatic rings. The van der Waals surface area contributed by atoms with Crippen molar-refractivity contribution in [1.82, 2.24) is 9.97 Å². The van der Waals surface area contributed by atoms with E-state index < -0.39 is 10.8 Å². The number of aryl methyl sites for hydroxylation is 2. The molecule has 0 radical (unpaired) electrons. The van der Waals surface area contributed by atoms with Crippen LogP contribution in [0, 0.1) is 13.8 Å². The van der Waals surface area contributed by atoms with Gasteiger partial charge in [-0.3, -0.25) is 4.21 Å². The smallest absolute Gasteiger partial charge is 0.207 e. The van der Waals surface area contributed by atoms with Gasteiger partial charge in [0.05, 0.1) is 23.4 Å². The summed E-state index contributed by atoms with van der Waals surface area (Å²) >= 11 is 1.48. The fourth-order valence-corrected chi connectivity index (χ4v) is 3.71. The van der Waals surface area contributed by atoms with Crippen LogP contribution < -0.4 is 0 Å². The molecule has 0 amide bonds. The zero-order valence-electron chi connectivity index (χ0n) is 11.7. The van der Waals surface area contributed by atoms with Crippen molar-refractivity contribution in [3.8, 4) is 10.8 Å². The summed E-state index contributed by atoms with van der Waals surface area (Å²) in [4.78, 5) is 8.68. The highest BCUT2D eigenvalue weighted by molar-refractivity contribution is 7.83. The summed E-state index contributed by atoms with van der Waals surface area (Å²) in [7, 11) is -1.09. The molecule has 3 heterocycles. The number of rotatable bonds is 5. The van der Waals surface area contributed by atoms with E-state index in [1.165, 1.54) is 11.3 Å². The fourth-order valence-electron chi connectivity index (χ4n) is 1.84. The molecule has 0 spiro atoms. The summed E-state index contributed by atoms with van der Waals surface area (Å²) in [5.74, 6) is 2.72. The van der Waals surface area contributed by atoms with E-state index in [0.29, 0.717) is 17.4 Å². The first-order valence-electron chi connectivity index (χ1n) is 6.38. The van der Waals surface area contributed by atoms with Crippen molar-refractivity contribution in [2.75, 3.05) is 0 Å². The van der Waals surface area contributed by atoms with Gasteiger partial charge in [0, 0.05) is 16.2 Å². The van der Waals surface area contributed by atoms with Crippen LogP contribution in [0.2, 0.25) is 0 Å². The average molecular weight is 322 g/mol. The Balaban J connectivity index is 1.65. The van der Waals surface area contributed by atoms with Gasteiger partial charge in [-0.05, 0) is 26.0 Å². The molecule has 0 aliphatic heterocycles. The Morgan fingerprint density at radius 3 is 2.81 bits per heavy atom. The van der Waals surface area contributed by atoms with Gasteiger partial charge < -0.3 is 8.83 Å². The van der Waals surface area contributed by atoms with Gasteiger partial charge in [0.15, 0.2) is 10.8 Å². The van der Waals surface area contributed by atoms with Crippen LogP contribution in [0.5, 0.6) is 0 Å². The van der Waals surface area contributed by atoms with Gasteiger partial charge in [-0.2, -0.15) is 0 Å². The van der Waals surface area contributed by atoms with Crippen LogP contribution in [-0.4, -0.2) is 14.2 Å². The van der Waals surface area contributed by atoms with Crippen LogP contribution in [0.4, 0.5) is 0 Å². The van der Waals surface area contributed by atoms with E-state index in [0.717, 1.165) is 27.9 Å². The Bertz CT molecular complexity index is 740. The minimum Gasteiger partial charge on any atom is -0.462 e. The molecule has 0 aliphatic carbocycles. The van der Waals surface area contributed by atoms with E-state index in [1.807, 2.05) is 31.4 Å². The molecular weight excluding hydrogens is 308 g/mol. The second-order valence-corrected chi connectivity index (χ2v) is 6.91. The number of furan rings is 1.